The Morgan fingerprint density at radius 2 is 1.84 bits per heavy atom. The van der Waals surface area contributed by atoms with Crippen molar-refractivity contribution in [2.75, 3.05) is 20.1 Å². The van der Waals surface area contributed by atoms with Gasteiger partial charge in [0.15, 0.2) is 0 Å². The predicted molar refractivity (Wildman–Crippen MR) is 81.3 cm³/mol. The lowest BCUT2D eigenvalue weighted by atomic mass is 9.94. The van der Waals surface area contributed by atoms with Crippen molar-refractivity contribution in [1.29, 1.82) is 0 Å². The molecule has 1 amide bonds. The molecule has 1 aliphatic carbocycles. The summed E-state index contributed by atoms with van der Waals surface area (Å²) in [4.78, 5) is 16.9. The van der Waals surface area contributed by atoms with E-state index in [0.717, 1.165) is 13.1 Å². The number of hydrogen-bond donors (Lipinski definition) is 0. The molecule has 19 heavy (non-hydrogen) atoms. The largest absolute Gasteiger partial charge is 0.341 e. The highest BCUT2D eigenvalue weighted by atomic mass is 16.2. The molecule has 1 rings (SSSR count). The van der Waals surface area contributed by atoms with Gasteiger partial charge in [0.2, 0.25) is 5.91 Å². The van der Waals surface area contributed by atoms with E-state index in [4.69, 9.17) is 0 Å². The first kappa shape index (κ1) is 16.5. The maximum Gasteiger partial charge on any atom is 0.239 e. The Balaban J connectivity index is 2.52. The van der Waals surface area contributed by atoms with Gasteiger partial charge in [-0.05, 0) is 39.3 Å². The van der Waals surface area contributed by atoms with Gasteiger partial charge in [-0.2, -0.15) is 0 Å². The lowest BCUT2D eigenvalue weighted by molar-refractivity contribution is -0.137. The van der Waals surface area contributed by atoms with Crippen LogP contribution in [0.25, 0.3) is 0 Å². The lowest BCUT2D eigenvalue weighted by Crippen LogP contribution is -2.49. The Labute approximate surface area is 119 Å². The Morgan fingerprint density at radius 3 is 2.37 bits per heavy atom. The zero-order valence-electron chi connectivity index (χ0n) is 13.3. The van der Waals surface area contributed by atoms with E-state index in [1.807, 2.05) is 11.9 Å². The van der Waals surface area contributed by atoms with Crippen LogP contribution in [0.5, 0.6) is 0 Å². The van der Waals surface area contributed by atoms with Gasteiger partial charge in [-0.15, -0.1) is 0 Å². The SMILES string of the molecule is CCCCN(CC)C(C)C(=O)N(C)C1CCCCC1. The van der Waals surface area contributed by atoms with E-state index in [0.29, 0.717) is 11.9 Å². The van der Waals surface area contributed by atoms with E-state index < -0.39 is 0 Å². The first-order valence-electron chi connectivity index (χ1n) is 8.12. The fourth-order valence-electron chi connectivity index (χ4n) is 3.09. The number of unbranched alkanes of at least 4 members (excludes halogenated alkanes) is 1. The first-order chi connectivity index (χ1) is 9.11. The summed E-state index contributed by atoms with van der Waals surface area (Å²) in [5.74, 6) is 0.310. The second-order valence-corrected chi connectivity index (χ2v) is 5.90. The zero-order chi connectivity index (χ0) is 14.3. The van der Waals surface area contributed by atoms with Gasteiger partial charge < -0.3 is 4.90 Å². The molecule has 0 saturated heterocycles. The molecule has 1 unspecified atom stereocenters. The average molecular weight is 268 g/mol. The van der Waals surface area contributed by atoms with Crippen molar-refractivity contribution >= 4 is 5.91 Å². The van der Waals surface area contributed by atoms with E-state index in [2.05, 4.69) is 25.7 Å². The Hall–Kier alpha value is -0.570. The van der Waals surface area contributed by atoms with E-state index in [-0.39, 0.29) is 6.04 Å². The molecular weight excluding hydrogens is 236 g/mol. The number of likely N-dealkylation sites (N-methyl/N-ethyl adjacent to an activating group) is 2. The molecule has 0 aromatic heterocycles. The van der Waals surface area contributed by atoms with Gasteiger partial charge in [0.1, 0.15) is 0 Å². The summed E-state index contributed by atoms with van der Waals surface area (Å²) < 4.78 is 0. The number of rotatable bonds is 7. The fraction of sp³-hybridized carbons (Fsp3) is 0.938. The highest BCUT2D eigenvalue weighted by molar-refractivity contribution is 5.81. The molecule has 0 N–H and O–H groups in total. The van der Waals surface area contributed by atoms with Crippen molar-refractivity contribution in [2.24, 2.45) is 0 Å². The second-order valence-electron chi connectivity index (χ2n) is 5.90. The van der Waals surface area contributed by atoms with Crippen LogP contribution in [-0.4, -0.2) is 47.9 Å². The molecule has 3 heteroatoms. The fourth-order valence-corrected chi connectivity index (χ4v) is 3.09. The van der Waals surface area contributed by atoms with Crippen LogP contribution < -0.4 is 0 Å². The molecular formula is C16H32N2O. The third-order valence-electron chi connectivity index (χ3n) is 4.58. The minimum absolute atomic E-state index is 0.0310. The molecule has 0 radical (unpaired) electrons. The summed E-state index contributed by atoms with van der Waals surface area (Å²) >= 11 is 0. The molecule has 112 valence electrons. The molecule has 1 atom stereocenters. The number of carbonyl (C=O) groups excluding carboxylic acids is 1. The van der Waals surface area contributed by atoms with Gasteiger partial charge in [0.05, 0.1) is 6.04 Å². The summed E-state index contributed by atoms with van der Waals surface area (Å²) in [6, 6.07) is 0.511. The topological polar surface area (TPSA) is 23.6 Å². The van der Waals surface area contributed by atoms with Crippen molar-refractivity contribution in [1.82, 2.24) is 9.80 Å². The smallest absolute Gasteiger partial charge is 0.239 e. The van der Waals surface area contributed by atoms with Gasteiger partial charge >= 0.3 is 0 Å². The quantitative estimate of drug-likeness (QED) is 0.707. The summed E-state index contributed by atoms with van der Waals surface area (Å²) in [6.07, 6.45) is 8.65. The normalized spacial score (nSPS) is 18.6. The van der Waals surface area contributed by atoms with Gasteiger partial charge in [-0.3, -0.25) is 9.69 Å². The van der Waals surface area contributed by atoms with Crippen LogP contribution >= 0.6 is 0 Å². The lowest BCUT2D eigenvalue weighted by Gasteiger charge is -2.36. The molecule has 3 nitrogen and oxygen atoms in total. The zero-order valence-corrected chi connectivity index (χ0v) is 13.3. The molecule has 0 aliphatic heterocycles. The summed E-state index contributed by atoms with van der Waals surface area (Å²) in [6.45, 7) is 8.43. The van der Waals surface area contributed by atoms with Gasteiger partial charge in [0.25, 0.3) is 0 Å². The van der Waals surface area contributed by atoms with E-state index in [1.165, 1.54) is 44.9 Å². The highest BCUT2D eigenvalue weighted by Gasteiger charge is 2.28. The van der Waals surface area contributed by atoms with Crippen LogP contribution in [0.15, 0.2) is 0 Å². The number of carbonyl (C=O) groups is 1. The molecule has 0 heterocycles. The van der Waals surface area contributed by atoms with Gasteiger partial charge in [-0.25, -0.2) is 0 Å². The van der Waals surface area contributed by atoms with Crippen molar-refractivity contribution in [3.63, 3.8) is 0 Å². The molecule has 0 spiro atoms. The van der Waals surface area contributed by atoms with Crippen LogP contribution in [0.4, 0.5) is 0 Å². The third kappa shape index (κ3) is 4.79. The average Bonchev–Trinajstić information content (AvgIpc) is 2.47. The van der Waals surface area contributed by atoms with Crippen molar-refractivity contribution in [2.45, 2.75) is 77.8 Å². The molecule has 0 aromatic rings. The van der Waals surface area contributed by atoms with Crippen LogP contribution in [-0.2, 0) is 4.79 Å². The number of nitrogens with zero attached hydrogens (tertiary/aromatic N) is 2. The van der Waals surface area contributed by atoms with Crippen molar-refractivity contribution in [3.05, 3.63) is 0 Å². The maximum atomic E-state index is 12.6. The van der Waals surface area contributed by atoms with E-state index >= 15 is 0 Å². The summed E-state index contributed by atoms with van der Waals surface area (Å²) in [5.41, 5.74) is 0. The van der Waals surface area contributed by atoms with Crippen LogP contribution in [0.2, 0.25) is 0 Å². The van der Waals surface area contributed by atoms with Crippen molar-refractivity contribution in [3.8, 4) is 0 Å². The first-order valence-corrected chi connectivity index (χ1v) is 8.12. The maximum absolute atomic E-state index is 12.6. The summed E-state index contributed by atoms with van der Waals surface area (Å²) in [7, 11) is 2.00. The van der Waals surface area contributed by atoms with Gasteiger partial charge in [0, 0.05) is 13.1 Å². The standard InChI is InChI=1S/C16H32N2O/c1-5-7-13-18(6-2)14(3)16(19)17(4)15-11-9-8-10-12-15/h14-15H,5-13H2,1-4H3. The predicted octanol–water partition coefficient (Wildman–Crippen LogP) is 3.29. The minimum Gasteiger partial charge on any atom is -0.341 e. The van der Waals surface area contributed by atoms with E-state index in [1.54, 1.807) is 0 Å². The number of hydrogen-bond acceptors (Lipinski definition) is 2. The Kier molecular flexibility index (Phi) is 7.44. The molecule has 1 aliphatic rings. The van der Waals surface area contributed by atoms with Crippen LogP contribution in [0.3, 0.4) is 0 Å². The Bertz CT molecular complexity index is 261. The van der Waals surface area contributed by atoms with E-state index in [9.17, 15) is 4.79 Å². The van der Waals surface area contributed by atoms with Crippen LogP contribution in [0, 0.1) is 0 Å². The van der Waals surface area contributed by atoms with Crippen LogP contribution in [0.1, 0.15) is 65.7 Å². The molecule has 0 aromatic carbocycles. The Morgan fingerprint density at radius 1 is 1.21 bits per heavy atom. The minimum atomic E-state index is 0.0310. The third-order valence-corrected chi connectivity index (χ3v) is 4.58. The summed E-state index contributed by atoms with van der Waals surface area (Å²) in [5, 5.41) is 0. The number of amides is 1. The van der Waals surface area contributed by atoms with Crippen molar-refractivity contribution < 1.29 is 4.79 Å². The molecule has 1 saturated carbocycles. The second kappa shape index (κ2) is 8.57. The highest BCUT2D eigenvalue weighted by Crippen LogP contribution is 2.22. The monoisotopic (exact) mass is 268 g/mol. The van der Waals surface area contributed by atoms with Gasteiger partial charge in [-0.1, -0.05) is 39.5 Å². The molecule has 0 bridgehead atoms. The molecule has 1 fully saturated rings.